The number of hydrogen-bond donors (Lipinski definition) is 0. The second-order valence-corrected chi connectivity index (χ2v) is 5.82. The van der Waals surface area contributed by atoms with E-state index in [0.717, 1.165) is 39.0 Å². The lowest BCUT2D eigenvalue weighted by Crippen LogP contribution is -2.32. The number of hydrogen-bond acceptors (Lipinski definition) is 3. The van der Waals surface area contributed by atoms with E-state index < -0.39 is 0 Å². The van der Waals surface area contributed by atoms with Crippen molar-refractivity contribution in [3.8, 4) is 0 Å². The molecule has 1 amide bonds. The molecule has 0 aliphatic carbocycles. The molecule has 1 aromatic rings. The number of rotatable bonds is 4. The standard InChI is InChI=1S/C17H22N2O2/c1-18-13-16(21-17(18)20)9-12-19-10-7-15(8-11-19)14-5-3-2-4-6-14/h2-7,16H,8-13H2,1H3/t16-/m1/s1. The SMILES string of the molecule is CN1C[C@@H](CCN2CC=C(c3ccccc3)CC2)OC1=O. The Labute approximate surface area is 126 Å². The van der Waals surface area contributed by atoms with Gasteiger partial charge in [0.15, 0.2) is 0 Å². The molecular weight excluding hydrogens is 264 g/mol. The van der Waals surface area contributed by atoms with Crippen molar-refractivity contribution in [3.05, 3.63) is 42.0 Å². The Morgan fingerprint density at radius 2 is 2.10 bits per heavy atom. The van der Waals surface area contributed by atoms with Gasteiger partial charge in [0.2, 0.25) is 0 Å². The third-order valence-corrected chi connectivity index (χ3v) is 4.26. The van der Waals surface area contributed by atoms with Crippen LogP contribution in [0.1, 0.15) is 18.4 Å². The molecular formula is C17H22N2O2. The van der Waals surface area contributed by atoms with Gasteiger partial charge in [-0.2, -0.15) is 0 Å². The fourth-order valence-corrected chi connectivity index (χ4v) is 2.96. The van der Waals surface area contributed by atoms with Gasteiger partial charge in [0, 0.05) is 26.7 Å². The zero-order chi connectivity index (χ0) is 14.7. The minimum absolute atomic E-state index is 0.0574. The number of ether oxygens (including phenoxy) is 1. The van der Waals surface area contributed by atoms with Crippen LogP contribution in [0.4, 0.5) is 4.79 Å². The van der Waals surface area contributed by atoms with E-state index in [-0.39, 0.29) is 12.2 Å². The molecule has 0 radical (unpaired) electrons. The largest absolute Gasteiger partial charge is 0.444 e. The molecule has 4 heteroatoms. The highest BCUT2D eigenvalue weighted by Crippen LogP contribution is 2.22. The van der Waals surface area contributed by atoms with Crippen molar-refractivity contribution in [1.29, 1.82) is 0 Å². The van der Waals surface area contributed by atoms with Crippen LogP contribution in [-0.4, -0.2) is 55.2 Å². The Morgan fingerprint density at radius 3 is 2.71 bits per heavy atom. The van der Waals surface area contributed by atoms with E-state index in [9.17, 15) is 4.79 Å². The Balaban J connectivity index is 1.48. The Hall–Kier alpha value is -1.81. The van der Waals surface area contributed by atoms with Gasteiger partial charge in [-0.25, -0.2) is 4.79 Å². The summed E-state index contributed by atoms with van der Waals surface area (Å²) in [5.74, 6) is 0. The smallest absolute Gasteiger partial charge is 0.409 e. The molecule has 2 aliphatic rings. The van der Waals surface area contributed by atoms with Gasteiger partial charge in [-0.15, -0.1) is 0 Å². The van der Waals surface area contributed by atoms with Crippen LogP contribution < -0.4 is 0 Å². The second-order valence-electron chi connectivity index (χ2n) is 5.82. The van der Waals surface area contributed by atoms with Crippen molar-refractivity contribution in [2.45, 2.75) is 18.9 Å². The summed E-state index contributed by atoms with van der Waals surface area (Å²) in [6.45, 7) is 3.78. The molecule has 1 saturated heterocycles. The van der Waals surface area contributed by atoms with Gasteiger partial charge in [-0.3, -0.25) is 4.90 Å². The molecule has 0 saturated carbocycles. The van der Waals surface area contributed by atoms with E-state index in [4.69, 9.17) is 4.74 Å². The molecule has 2 heterocycles. The molecule has 112 valence electrons. The summed E-state index contributed by atoms with van der Waals surface area (Å²) in [6, 6.07) is 10.6. The molecule has 4 nitrogen and oxygen atoms in total. The van der Waals surface area contributed by atoms with Gasteiger partial charge < -0.3 is 9.64 Å². The zero-order valence-electron chi connectivity index (χ0n) is 12.5. The van der Waals surface area contributed by atoms with E-state index >= 15 is 0 Å². The van der Waals surface area contributed by atoms with Crippen LogP contribution >= 0.6 is 0 Å². The van der Waals surface area contributed by atoms with E-state index in [1.165, 1.54) is 11.1 Å². The fraction of sp³-hybridized carbons (Fsp3) is 0.471. The molecule has 1 atom stereocenters. The molecule has 21 heavy (non-hydrogen) atoms. The van der Waals surface area contributed by atoms with Crippen LogP contribution in [0.2, 0.25) is 0 Å². The second kappa shape index (κ2) is 6.31. The van der Waals surface area contributed by atoms with E-state index in [1.54, 1.807) is 11.9 Å². The van der Waals surface area contributed by atoms with Gasteiger partial charge in [-0.1, -0.05) is 36.4 Å². The van der Waals surface area contributed by atoms with Gasteiger partial charge in [0.1, 0.15) is 6.10 Å². The average Bonchev–Trinajstić information content (AvgIpc) is 2.85. The number of likely N-dealkylation sites (N-methyl/N-ethyl adjacent to an activating group) is 1. The first-order valence-corrected chi connectivity index (χ1v) is 7.61. The Bertz CT molecular complexity index is 527. The summed E-state index contributed by atoms with van der Waals surface area (Å²) < 4.78 is 5.30. The monoisotopic (exact) mass is 286 g/mol. The van der Waals surface area contributed by atoms with Crippen LogP contribution in [0.3, 0.4) is 0 Å². The summed E-state index contributed by atoms with van der Waals surface area (Å²) in [7, 11) is 1.79. The number of benzene rings is 1. The zero-order valence-corrected chi connectivity index (χ0v) is 12.5. The highest BCUT2D eigenvalue weighted by atomic mass is 16.6. The predicted octanol–water partition coefficient (Wildman–Crippen LogP) is 2.62. The van der Waals surface area contributed by atoms with Crippen molar-refractivity contribution in [2.75, 3.05) is 33.2 Å². The minimum Gasteiger partial charge on any atom is -0.444 e. The lowest BCUT2D eigenvalue weighted by Gasteiger charge is -2.27. The van der Waals surface area contributed by atoms with Crippen LogP contribution in [0, 0.1) is 0 Å². The third kappa shape index (κ3) is 3.45. The van der Waals surface area contributed by atoms with Gasteiger partial charge in [-0.05, 0) is 24.0 Å². The molecule has 0 aromatic heterocycles. The van der Waals surface area contributed by atoms with Crippen LogP contribution in [0.5, 0.6) is 0 Å². The topological polar surface area (TPSA) is 32.8 Å². The quantitative estimate of drug-likeness (QED) is 0.853. The lowest BCUT2D eigenvalue weighted by atomic mass is 9.99. The molecule has 0 unspecified atom stereocenters. The normalized spacial score (nSPS) is 23.1. The van der Waals surface area contributed by atoms with Crippen molar-refractivity contribution in [1.82, 2.24) is 9.80 Å². The van der Waals surface area contributed by atoms with Gasteiger partial charge in [0.05, 0.1) is 6.54 Å². The first kappa shape index (κ1) is 14.1. The molecule has 0 spiro atoms. The highest BCUT2D eigenvalue weighted by molar-refractivity contribution is 5.69. The van der Waals surface area contributed by atoms with Crippen molar-refractivity contribution >= 4 is 11.7 Å². The first-order valence-electron chi connectivity index (χ1n) is 7.61. The number of nitrogens with zero attached hydrogens (tertiary/aromatic N) is 2. The van der Waals surface area contributed by atoms with E-state index in [2.05, 4.69) is 41.3 Å². The molecule has 1 fully saturated rings. The number of carbonyl (C=O) groups is 1. The fourth-order valence-electron chi connectivity index (χ4n) is 2.96. The predicted molar refractivity (Wildman–Crippen MR) is 83.0 cm³/mol. The Kier molecular flexibility index (Phi) is 4.25. The maximum Gasteiger partial charge on any atom is 0.409 e. The molecule has 3 rings (SSSR count). The van der Waals surface area contributed by atoms with Crippen LogP contribution in [0.25, 0.3) is 5.57 Å². The van der Waals surface area contributed by atoms with Crippen molar-refractivity contribution < 1.29 is 9.53 Å². The maximum absolute atomic E-state index is 11.3. The lowest BCUT2D eigenvalue weighted by molar-refractivity contribution is 0.123. The van der Waals surface area contributed by atoms with E-state index in [0.29, 0.717) is 0 Å². The van der Waals surface area contributed by atoms with Gasteiger partial charge in [0.25, 0.3) is 0 Å². The molecule has 2 aliphatic heterocycles. The van der Waals surface area contributed by atoms with Crippen molar-refractivity contribution in [2.24, 2.45) is 0 Å². The third-order valence-electron chi connectivity index (χ3n) is 4.26. The summed E-state index contributed by atoms with van der Waals surface area (Å²) in [5, 5.41) is 0. The molecule has 1 aromatic carbocycles. The van der Waals surface area contributed by atoms with Gasteiger partial charge >= 0.3 is 6.09 Å². The summed E-state index contributed by atoms with van der Waals surface area (Å²) >= 11 is 0. The average molecular weight is 286 g/mol. The highest BCUT2D eigenvalue weighted by Gasteiger charge is 2.28. The summed E-state index contributed by atoms with van der Waals surface area (Å²) in [6.07, 6.45) is 4.21. The number of carbonyl (C=O) groups excluding carboxylic acids is 1. The molecule has 0 N–H and O–H groups in total. The minimum atomic E-state index is -0.190. The summed E-state index contributed by atoms with van der Waals surface area (Å²) in [4.78, 5) is 15.4. The van der Waals surface area contributed by atoms with Crippen LogP contribution in [-0.2, 0) is 4.74 Å². The van der Waals surface area contributed by atoms with E-state index in [1.807, 2.05) is 0 Å². The summed E-state index contributed by atoms with van der Waals surface area (Å²) in [5.41, 5.74) is 2.78. The van der Waals surface area contributed by atoms with Crippen LogP contribution in [0.15, 0.2) is 36.4 Å². The number of cyclic esters (lactones) is 1. The van der Waals surface area contributed by atoms with Crippen molar-refractivity contribution in [3.63, 3.8) is 0 Å². The maximum atomic E-state index is 11.3. The Morgan fingerprint density at radius 1 is 1.29 bits per heavy atom. The number of amides is 1. The molecule has 0 bridgehead atoms. The first-order chi connectivity index (χ1) is 10.2.